The van der Waals surface area contributed by atoms with E-state index in [1.807, 2.05) is 0 Å². The van der Waals surface area contributed by atoms with Crippen molar-refractivity contribution in [2.75, 3.05) is 6.61 Å². The number of aliphatic hydroxyl groups is 1. The minimum absolute atomic E-state index is 0.0195. The fourth-order valence-corrected chi connectivity index (χ4v) is 2.81. The van der Waals surface area contributed by atoms with Gasteiger partial charge in [-0.15, -0.1) is 0 Å². The lowest BCUT2D eigenvalue weighted by Crippen LogP contribution is -2.30. The number of Topliss-reactive ketones (excluding diaryl/α,β-unsaturated/α-hetero) is 1. The fourth-order valence-electron chi connectivity index (χ4n) is 2.81. The van der Waals surface area contributed by atoms with E-state index in [9.17, 15) is 14.7 Å². The second-order valence-electron chi connectivity index (χ2n) is 6.58. The van der Waals surface area contributed by atoms with Crippen molar-refractivity contribution in [2.24, 2.45) is 17.3 Å². The molecule has 0 bridgehead atoms. The van der Waals surface area contributed by atoms with Crippen LogP contribution in [-0.4, -0.2) is 29.6 Å². The molecule has 0 amide bonds. The summed E-state index contributed by atoms with van der Waals surface area (Å²) in [6.07, 6.45) is 3.06. The fraction of sp³-hybridized carbons (Fsp3) is 0.765. The van der Waals surface area contributed by atoms with Crippen molar-refractivity contribution in [3.63, 3.8) is 0 Å². The van der Waals surface area contributed by atoms with Crippen LogP contribution in [0.3, 0.4) is 0 Å². The lowest BCUT2D eigenvalue weighted by Gasteiger charge is -2.31. The maximum atomic E-state index is 12.0. The lowest BCUT2D eigenvalue weighted by molar-refractivity contribution is -0.151. The maximum Gasteiger partial charge on any atom is 0.316 e. The van der Waals surface area contributed by atoms with Gasteiger partial charge in [-0.3, -0.25) is 9.59 Å². The number of carbonyl (C=O) groups excluding carboxylic acids is 2. The van der Waals surface area contributed by atoms with Crippen LogP contribution in [0.5, 0.6) is 0 Å². The zero-order chi connectivity index (χ0) is 16.2. The number of carbonyl (C=O) groups is 2. The summed E-state index contributed by atoms with van der Waals surface area (Å²) >= 11 is 0. The smallest absolute Gasteiger partial charge is 0.316 e. The Morgan fingerprint density at radius 2 is 2.10 bits per heavy atom. The average Bonchev–Trinajstić information content (AvgIpc) is 2.64. The van der Waals surface area contributed by atoms with E-state index in [1.54, 1.807) is 6.92 Å². The molecule has 0 fully saturated rings. The van der Waals surface area contributed by atoms with Gasteiger partial charge in [0, 0.05) is 6.42 Å². The number of hydrogen-bond donors (Lipinski definition) is 1. The Kier molecular flexibility index (Phi) is 6.14. The number of rotatable bonds is 7. The Labute approximate surface area is 127 Å². The number of esters is 1. The van der Waals surface area contributed by atoms with Crippen LogP contribution in [0.15, 0.2) is 11.6 Å². The van der Waals surface area contributed by atoms with E-state index in [1.165, 1.54) is 12.5 Å². The molecule has 1 aliphatic carbocycles. The molecule has 21 heavy (non-hydrogen) atoms. The molecule has 1 N–H and O–H groups in total. The number of allylic oxidation sites excluding steroid dienone is 2. The topological polar surface area (TPSA) is 63.6 Å². The van der Waals surface area contributed by atoms with Crippen LogP contribution in [-0.2, 0) is 14.3 Å². The van der Waals surface area contributed by atoms with Crippen LogP contribution in [0.1, 0.15) is 53.9 Å². The van der Waals surface area contributed by atoms with E-state index >= 15 is 0 Å². The SMILES string of the molecule is CCOC(=O)[C@H](C)C(=O)C[C@@H](O)C[C@H]1CC=C(C)C1(C)C. The van der Waals surface area contributed by atoms with Gasteiger partial charge >= 0.3 is 5.97 Å². The number of aliphatic hydroxyl groups excluding tert-OH is 1. The van der Waals surface area contributed by atoms with Crippen molar-refractivity contribution in [1.29, 1.82) is 0 Å². The van der Waals surface area contributed by atoms with E-state index in [4.69, 9.17) is 4.74 Å². The molecular weight excluding hydrogens is 268 g/mol. The molecule has 3 atom stereocenters. The van der Waals surface area contributed by atoms with Crippen molar-refractivity contribution >= 4 is 11.8 Å². The molecule has 0 aromatic heterocycles. The lowest BCUT2D eigenvalue weighted by atomic mass is 9.75. The van der Waals surface area contributed by atoms with Crippen molar-refractivity contribution in [3.8, 4) is 0 Å². The zero-order valence-electron chi connectivity index (χ0n) is 13.8. The molecule has 0 aromatic carbocycles. The first-order chi connectivity index (χ1) is 9.70. The van der Waals surface area contributed by atoms with Gasteiger partial charge in [-0.1, -0.05) is 25.5 Å². The van der Waals surface area contributed by atoms with Gasteiger partial charge in [-0.25, -0.2) is 0 Å². The number of hydrogen-bond acceptors (Lipinski definition) is 4. The molecule has 0 unspecified atom stereocenters. The molecule has 4 heteroatoms. The first-order valence-electron chi connectivity index (χ1n) is 7.74. The number of ketones is 1. The van der Waals surface area contributed by atoms with E-state index in [0.29, 0.717) is 12.3 Å². The third kappa shape index (κ3) is 4.40. The Balaban J connectivity index is 2.49. The molecule has 4 nitrogen and oxygen atoms in total. The predicted molar refractivity (Wildman–Crippen MR) is 81.7 cm³/mol. The molecule has 1 aliphatic rings. The Hall–Kier alpha value is -1.16. The predicted octanol–water partition coefficient (Wildman–Crippen LogP) is 2.89. The average molecular weight is 296 g/mol. The summed E-state index contributed by atoms with van der Waals surface area (Å²) in [5, 5.41) is 10.2. The van der Waals surface area contributed by atoms with Crippen molar-refractivity contribution < 1.29 is 19.4 Å². The summed E-state index contributed by atoms with van der Waals surface area (Å²) < 4.78 is 4.84. The summed E-state index contributed by atoms with van der Waals surface area (Å²) in [6, 6.07) is 0. The van der Waals surface area contributed by atoms with Crippen LogP contribution in [0.25, 0.3) is 0 Å². The second kappa shape index (κ2) is 7.21. The molecular formula is C17H28O4. The molecule has 0 aromatic rings. The Morgan fingerprint density at radius 1 is 1.48 bits per heavy atom. The standard InChI is InChI=1S/C17H28O4/c1-6-21-16(20)12(3)15(19)10-14(18)9-13-8-7-11(2)17(13,4)5/h7,12-14,18H,6,8-10H2,1-5H3/t12-,13-,14+/m1/s1. The van der Waals surface area contributed by atoms with E-state index in [2.05, 4.69) is 26.8 Å². The highest BCUT2D eigenvalue weighted by molar-refractivity contribution is 5.98. The van der Waals surface area contributed by atoms with Gasteiger partial charge in [0.05, 0.1) is 12.7 Å². The van der Waals surface area contributed by atoms with Crippen molar-refractivity contribution in [3.05, 3.63) is 11.6 Å². The minimum Gasteiger partial charge on any atom is -0.465 e. The Bertz CT molecular complexity index is 423. The molecule has 0 aliphatic heterocycles. The van der Waals surface area contributed by atoms with Gasteiger partial charge < -0.3 is 9.84 Å². The highest BCUT2D eigenvalue weighted by Crippen LogP contribution is 2.45. The van der Waals surface area contributed by atoms with Gasteiger partial charge in [0.1, 0.15) is 11.7 Å². The quantitative estimate of drug-likeness (QED) is 0.446. The summed E-state index contributed by atoms with van der Waals surface area (Å²) in [6.45, 7) is 9.97. The highest BCUT2D eigenvalue weighted by Gasteiger charge is 2.36. The van der Waals surface area contributed by atoms with Crippen LogP contribution < -0.4 is 0 Å². The van der Waals surface area contributed by atoms with Crippen LogP contribution in [0, 0.1) is 17.3 Å². The molecule has 0 heterocycles. The molecule has 120 valence electrons. The van der Waals surface area contributed by atoms with E-state index in [-0.39, 0.29) is 24.2 Å². The van der Waals surface area contributed by atoms with E-state index < -0.39 is 18.0 Å². The van der Waals surface area contributed by atoms with Crippen molar-refractivity contribution in [2.45, 2.75) is 60.0 Å². The highest BCUT2D eigenvalue weighted by atomic mass is 16.5. The summed E-state index contributed by atoms with van der Waals surface area (Å²) in [7, 11) is 0. The summed E-state index contributed by atoms with van der Waals surface area (Å²) in [5.74, 6) is -1.20. The molecule has 0 radical (unpaired) electrons. The van der Waals surface area contributed by atoms with Crippen LogP contribution in [0.2, 0.25) is 0 Å². The van der Waals surface area contributed by atoms with Gasteiger partial charge in [-0.05, 0) is 44.9 Å². The van der Waals surface area contributed by atoms with Crippen LogP contribution >= 0.6 is 0 Å². The minimum atomic E-state index is -0.795. The van der Waals surface area contributed by atoms with Crippen LogP contribution in [0.4, 0.5) is 0 Å². The molecule has 0 saturated carbocycles. The third-order valence-electron chi connectivity index (χ3n) is 4.86. The second-order valence-corrected chi connectivity index (χ2v) is 6.58. The monoisotopic (exact) mass is 296 g/mol. The Morgan fingerprint density at radius 3 is 2.57 bits per heavy atom. The largest absolute Gasteiger partial charge is 0.465 e. The summed E-state index contributed by atoms with van der Waals surface area (Å²) in [4.78, 5) is 23.5. The first kappa shape index (κ1) is 17.9. The van der Waals surface area contributed by atoms with Crippen molar-refractivity contribution in [1.82, 2.24) is 0 Å². The number of ether oxygens (including phenoxy) is 1. The third-order valence-corrected chi connectivity index (χ3v) is 4.86. The molecule has 1 rings (SSSR count). The summed E-state index contributed by atoms with van der Waals surface area (Å²) in [5.41, 5.74) is 1.41. The van der Waals surface area contributed by atoms with Gasteiger partial charge in [0.25, 0.3) is 0 Å². The van der Waals surface area contributed by atoms with Gasteiger partial charge in [0.15, 0.2) is 0 Å². The zero-order valence-corrected chi connectivity index (χ0v) is 13.8. The van der Waals surface area contributed by atoms with Gasteiger partial charge in [0.2, 0.25) is 0 Å². The maximum absolute atomic E-state index is 12.0. The molecule has 0 saturated heterocycles. The van der Waals surface area contributed by atoms with Gasteiger partial charge in [-0.2, -0.15) is 0 Å². The normalized spacial score (nSPS) is 23.3. The van der Waals surface area contributed by atoms with E-state index in [0.717, 1.165) is 6.42 Å². The first-order valence-corrected chi connectivity index (χ1v) is 7.74. The molecule has 0 spiro atoms.